The van der Waals surface area contributed by atoms with Gasteiger partial charge in [0.2, 0.25) is 5.92 Å². The van der Waals surface area contributed by atoms with Crippen molar-refractivity contribution in [2.24, 2.45) is 5.92 Å². The van der Waals surface area contributed by atoms with Crippen LogP contribution < -0.4 is 5.32 Å². The molecule has 1 aromatic carbocycles. The van der Waals surface area contributed by atoms with Crippen LogP contribution in [0.2, 0.25) is 0 Å². The Morgan fingerprint density at radius 2 is 1.88 bits per heavy atom. The molecule has 142 valence electrons. The highest BCUT2D eigenvalue weighted by molar-refractivity contribution is 5.21. The number of halogens is 2. The third-order valence-electron chi connectivity index (χ3n) is 5.12. The van der Waals surface area contributed by atoms with E-state index < -0.39 is 5.92 Å². The van der Waals surface area contributed by atoms with Gasteiger partial charge in [0, 0.05) is 12.8 Å². The molecule has 1 heterocycles. The van der Waals surface area contributed by atoms with Crippen molar-refractivity contribution >= 4 is 0 Å². The van der Waals surface area contributed by atoms with Gasteiger partial charge in [-0.2, -0.15) is 0 Å². The normalized spacial score (nSPS) is 18.9. The number of aryl methyl sites for hydroxylation is 1. The van der Waals surface area contributed by atoms with E-state index in [1.54, 1.807) is 0 Å². The monoisotopic (exact) mass is 353 g/mol. The molecule has 1 unspecified atom stereocenters. The number of hydrogen-bond acceptors (Lipinski definition) is 2. The van der Waals surface area contributed by atoms with E-state index in [4.69, 9.17) is 4.74 Å². The number of hydrogen-bond donors (Lipinski definition) is 1. The average Bonchev–Trinajstić information content (AvgIpc) is 2.88. The first-order valence-electron chi connectivity index (χ1n) is 9.83. The predicted molar refractivity (Wildman–Crippen MR) is 99.1 cm³/mol. The van der Waals surface area contributed by atoms with Crippen LogP contribution in [0.4, 0.5) is 8.78 Å². The molecule has 2 rings (SSSR count). The Morgan fingerprint density at radius 1 is 1.12 bits per heavy atom. The van der Waals surface area contributed by atoms with Gasteiger partial charge < -0.3 is 10.1 Å². The van der Waals surface area contributed by atoms with Crippen molar-refractivity contribution in [3.8, 4) is 0 Å². The molecule has 1 N–H and O–H groups in total. The summed E-state index contributed by atoms with van der Waals surface area (Å²) in [4.78, 5) is 0. The fraction of sp³-hybridized carbons (Fsp3) is 0.714. The van der Waals surface area contributed by atoms with Crippen molar-refractivity contribution in [1.82, 2.24) is 5.32 Å². The van der Waals surface area contributed by atoms with Gasteiger partial charge in [-0.25, -0.2) is 8.78 Å². The highest BCUT2D eigenvalue weighted by atomic mass is 19.3. The van der Waals surface area contributed by atoms with E-state index in [-0.39, 0.29) is 19.4 Å². The smallest absolute Gasteiger partial charge is 0.250 e. The van der Waals surface area contributed by atoms with Gasteiger partial charge in [-0.15, -0.1) is 0 Å². The van der Waals surface area contributed by atoms with Crippen LogP contribution in [0.3, 0.4) is 0 Å². The van der Waals surface area contributed by atoms with E-state index in [1.165, 1.54) is 24.8 Å². The Kier molecular flexibility index (Phi) is 8.83. The number of nitrogens with one attached hydrogen (secondary N) is 1. The molecular weight excluding hydrogens is 320 g/mol. The first-order chi connectivity index (χ1) is 12.1. The summed E-state index contributed by atoms with van der Waals surface area (Å²) in [7, 11) is 0. The summed E-state index contributed by atoms with van der Waals surface area (Å²) in [6.07, 6.45) is 5.95. The maximum Gasteiger partial charge on any atom is 0.250 e. The summed E-state index contributed by atoms with van der Waals surface area (Å²) >= 11 is 0. The summed E-state index contributed by atoms with van der Waals surface area (Å²) in [5, 5.41) is 3.40. The molecule has 1 aliphatic heterocycles. The highest BCUT2D eigenvalue weighted by Gasteiger charge is 2.28. The molecule has 1 saturated heterocycles. The van der Waals surface area contributed by atoms with Gasteiger partial charge in [0.1, 0.15) is 0 Å². The van der Waals surface area contributed by atoms with E-state index in [1.807, 2.05) is 12.1 Å². The minimum absolute atomic E-state index is 0.0158. The second kappa shape index (κ2) is 10.9. The van der Waals surface area contributed by atoms with Crippen LogP contribution in [0.15, 0.2) is 24.3 Å². The fourth-order valence-electron chi connectivity index (χ4n) is 3.39. The molecule has 1 aromatic rings. The molecule has 1 aliphatic rings. The standard InChI is InChI=1S/C21H33F2NO/c1-2-18-8-10-20(11-9-18)17-25-15-13-21(22,23)12-5-7-19-6-3-4-14-24-16-19/h8-11,19,24H,2-7,12-17H2,1H3. The SMILES string of the molecule is CCc1ccc(COCCC(F)(F)CCCC2CCCCNC2)cc1. The molecule has 0 radical (unpaired) electrons. The van der Waals surface area contributed by atoms with E-state index in [2.05, 4.69) is 24.4 Å². The second-order valence-electron chi connectivity index (χ2n) is 7.29. The molecule has 0 spiro atoms. The minimum Gasteiger partial charge on any atom is -0.377 e. The zero-order chi connectivity index (χ0) is 18.0. The number of alkyl halides is 2. The lowest BCUT2D eigenvalue weighted by molar-refractivity contribution is -0.0443. The quantitative estimate of drug-likeness (QED) is 0.572. The van der Waals surface area contributed by atoms with E-state index in [0.29, 0.717) is 18.9 Å². The Balaban J connectivity index is 1.58. The summed E-state index contributed by atoms with van der Waals surface area (Å²) in [5.41, 5.74) is 2.32. The topological polar surface area (TPSA) is 21.3 Å². The van der Waals surface area contributed by atoms with Crippen LogP contribution in [0, 0.1) is 5.92 Å². The van der Waals surface area contributed by atoms with Crippen LogP contribution in [-0.2, 0) is 17.8 Å². The lowest BCUT2D eigenvalue weighted by Crippen LogP contribution is -2.22. The van der Waals surface area contributed by atoms with Crippen LogP contribution in [0.1, 0.15) is 63.0 Å². The molecule has 0 saturated carbocycles. The third-order valence-corrected chi connectivity index (χ3v) is 5.12. The van der Waals surface area contributed by atoms with E-state index in [0.717, 1.165) is 31.5 Å². The maximum absolute atomic E-state index is 14.0. The molecule has 0 aliphatic carbocycles. The van der Waals surface area contributed by atoms with E-state index in [9.17, 15) is 8.78 Å². The van der Waals surface area contributed by atoms with Crippen molar-refractivity contribution in [3.63, 3.8) is 0 Å². The minimum atomic E-state index is -2.61. The van der Waals surface area contributed by atoms with Crippen molar-refractivity contribution in [1.29, 1.82) is 0 Å². The first-order valence-corrected chi connectivity index (χ1v) is 9.83. The van der Waals surface area contributed by atoms with Crippen LogP contribution in [0.25, 0.3) is 0 Å². The molecule has 0 aromatic heterocycles. The summed E-state index contributed by atoms with van der Waals surface area (Å²) < 4.78 is 33.4. The van der Waals surface area contributed by atoms with Crippen LogP contribution >= 0.6 is 0 Å². The third kappa shape index (κ3) is 8.28. The molecule has 1 fully saturated rings. The molecule has 2 nitrogen and oxygen atoms in total. The second-order valence-corrected chi connectivity index (χ2v) is 7.29. The van der Waals surface area contributed by atoms with Gasteiger partial charge >= 0.3 is 0 Å². The molecule has 0 amide bonds. The fourth-order valence-corrected chi connectivity index (χ4v) is 3.39. The summed E-state index contributed by atoms with van der Waals surface area (Å²) in [6.45, 7) is 4.71. The number of benzene rings is 1. The average molecular weight is 353 g/mol. The Labute approximate surface area is 151 Å². The Morgan fingerprint density at radius 3 is 2.64 bits per heavy atom. The van der Waals surface area contributed by atoms with Gasteiger partial charge in [-0.1, -0.05) is 37.6 Å². The van der Waals surface area contributed by atoms with Gasteiger partial charge in [0.15, 0.2) is 0 Å². The molecule has 0 bridgehead atoms. The van der Waals surface area contributed by atoms with Gasteiger partial charge in [0.05, 0.1) is 13.2 Å². The highest BCUT2D eigenvalue weighted by Crippen LogP contribution is 2.27. The lowest BCUT2D eigenvalue weighted by Gasteiger charge is -2.19. The van der Waals surface area contributed by atoms with E-state index >= 15 is 0 Å². The molecular formula is C21H33F2NO. The molecule has 4 heteroatoms. The Bertz CT molecular complexity index is 467. The predicted octanol–water partition coefficient (Wildman–Crippen LogP) is 5.35. The molecule has 25 heavy (non-hydrogen) atoms. The van der Waals surface area contributed by atoms with Crippen LogP contribution in [0.5, 0.6) is 0 Å². The Hall–Kier alpha value is -1.00. The zero-order valence-corrected chi connectivity index (χ0v) is 15.5. The van der Waals surface area contributed by atoms with Crippen molar-refractivity contribution in [2.75, 3.05) is 19.7 Å². The first kappa shape index (κ1) is 20.3. The van der Waals surface area contributed by atoms with Gasteiger partial charge in [-0.05, 0) is 62.2 Å². The lowest BCUT2D eigenvalue weighted by atomic mass is 9.95. The van der Waals surface area contributed by atoms with Crippen molar-refractivity contribution < 1.29 is 13.5 Å². The van der Waals surface area contributed by atoms with Gasteiger partial charge in [-0.3, -0.25) is 0 Å². The maximum atomic E-state index is 14.0. The van der Waals surface area contributed by atoms with Crippen molar-refractivity contribution in [2.45, 2.75) is 70.8 Å². The summed E-state index contributed by atoms with van der Waals surface area (Å²) in [5.74, 6) is -2.04. The van der Waals surface area contributed by atoms with Crippen molar-refractivity contribution in [3.05, 3.63) is 35.4 Å². The molecule has 1 atom stereocenters. The zero-order valence-electron chi connectivity index (χ0n) is 15.5. The number of rotatable bonds is 10. The summed E-state index contributed by atoms with van der Waals surface area (Å²) in [6, 6.07) is 8.15. The largest absolute Gasteiger partial charge is 0.377 e. The van der Waals surface area contributed by atoms with Gasteiger partial charge in [0.25, 0.3) is 0 Å². The number of ether oxygens (including phenoxy) is 1. The van der Waals surface area contributed by atoms with Crippen LogP contribution in [-0.4, -0.2) is 25.6 Å².